The van der Waals surface area contributed by atoms with Gasteiger partial charge in [-0.15, -0.1) is 11.8 Å². The number of rotatable bonds is 5. The molecule has 94 valence electrons. The fourth-order valence-electron chi connectivity index (χ4n) is 2.22. The number of Topliss-reactive ketones (excluding diaryl/α,β-unsaturated/α-hetero) is 1. The van der Waals surface area contributed by atoms with Crippen molar-refractivity contribution in [3.05, 3.63) is 11.0 Å². The fraction of sp³-hybridized carbons (Fsp3) is 0.692. The Kier molecular flexibility index (Phi) is 4.40. The highest BCUT2D eigenvalue weighted by atomic mass is 32.2. The van der Waals surface area contributed by atoms with Gasteiger partial charge in [-0.3, -0.25) is 4.79 Å². The van der Waals surface area contributed by atoms with Gasteiger partial charge in [-0.2, -0.15) is 5.26 Å². The largest absolute Gasteiger partial charge is 0.389 e. The van der Waals surface area contributed by atoms with Crippen molar-refractivity contribution >= 4 is 17.5 Å². The molecule has 0 aromatic rings. The molecule has 2 atom stereocenters. The summed E-state index contributed by atoms with van der Waals surface area (Å²) in [4.78, 5) is 12.2. The summed E-state index contributed by atoms with van der Waals surface area (Å²) in [6.07, 6.45) is 1.89. The molecule has 0 aliphatic heterocycles. The Morgan fingerprint density at radius 1 is 1.59 bits per heavy atom. The van der Waals surface area contributed by atoms with Crippen molar-refractivity contribution in [1.29, 1.82) is 5.26 Å². The first-order chi connectivity index (χ1) is 7.84. The minimum atomic E-state index is -0.405. The molecule has 1 N–H and O–H groups in total. The van der Waals surface area contributed by atoms with Crippen LogP contribution in [0.1, 0.15) is 27.7 Å². The molecule has 4 heteroatoms. The molecule has 1 rings (SSSR count). The normalized spacial score (nSPS) is 26.8. The maximum absolute atomic E-state index is 11.5. The molecule has 0 spiro atoms. The number of aliphatic hydroxyl groups is 1. The number of thioether (sulfide) groups is 1. The first-order valence-corrected chi connectivity index (χ1v) is 6.64. The van der Waals surface area contributed by atoms with Crippen LogP contribution in [0.3, 0.4) is 0 Å². The van der Waals surface area contributed by atoms with E-state index in [0.29, 0.717) is 10.2 Å². The van der Waals surface area contributed by atoms with Gasteiger partial charge in [-0.1, -0.05) is 33.8 Å². The van der Waals surface area contributed by atoms with E-state index in [1.165, 1.54) is 11.8 Å². The molecule has 0 aromatic heterocycles. The van der Waals surface area contributed by atoms with Gasteiger partial charge in [-0.25, -0.2) is 0 Å². The lowest BCUT2D eigenvalue weighted by molar-refractivity contribution is -0.123. The summed E-state index contributed by atoms with van der Waals surface area (Å²) in [5, 5.41) is 18.3. The summed E-state index contributed by atoms with van der Waals surface area (Å²) in [5.74, 6) is -0.172. The van der Waals surface area contributed by atoms with Crippen LogP contribution in [0.4, 0.5) is 0 Å². The molecule has 0 saturated heterocycles. The predicted octanol–water partition coefficient (Wildman–Crippen LogP) is 2.37. The van der Waals surface area contributed by atoms with Crippen LogP contribution in [0.15, 0.2) is 11.0 Å². The quantitative estimate of drug-likeness (QED) is 0.764. The van der Waals surface area contributed by atoms with Gasteiger partial charge < -0.3 is 5.11 Å². The van der Waals surface area contributed by atoms with E-state index in [1.54, 1.807) is 0 Å². The third kappa shape index (κ3) is 3.11. The number of aliphatic hydroxyl groups excluding tert-OH is 1. The molecule has 0 aromatic carbocycles. The van der Waals surface area contributed by atoms with Crippen LogP contribution in [0.25, 0.3) is 0 Å². The van der Waals surface area contributed by atoms with Gasteiger partial charge in [-0.05, 0) is 11.3 Å². The van der Waals surface area contributed by atoms with Crippen LogP contribution in [-0.2, 0) is 4.79 Å². The fourth-order valence-corrected chi connectivity index (χ4v) is 3.01. The lowest BCUT2D eigenvalue weighted by Gasteiger charge is -2.02. The summed E-state index contributed by atoms with van der Waals surface area (Å²) in [6, 6.07) is 2.17. The van der Waals surface area contributed by atoms with E-state index in [4.69, 9.17) is 10.4 Å². The Hall–Kier alpha value is -0.790. The molecule has 1 aliphatic carbocycles. The number of carbonyl (C=O) groups is 1. The monoisotopic (exact) mass is 253 g/mol. The molecular weight excluding hydrogens is 234 g/mol. The Labute approximate surface area is 107 Å². The molecule has 0 amide bonds. The molecular formula is C13H19NO2S. The van der Waals surface area contributed by atoms with Gasteiger partial charge in [0, 0.05) is 11.2 Å². The second-order valence-corrected chi connectivity index (χ2v) is 6.88. The van der Waals surface area contributed by atoms with E-state index < -0.39 is 6.61 Å². The highest BCUT2D eigenvalue weighted by Gasteiger charge is 2.59. The van der Waals surface area contributed by atoms with Crippen LogP contribution in [0.5, 0.6) is 0 Å². The lowest BCUT2D eigenvalue weighted by atomic mass is 10.1. The molecule has 1 saturated carbocycles. The zero-order valence-corrected chi connectivity index (χ0v) is 11.5. The van der Waals surface area contributed by atoms with Crippen molar-refractivity contribution in [2.75, 3.05) is 6.61 Å². The highest BCUT2D eigenvalue weighted by molar-refractivity contribution is 8.03. The van der Waals surface area contributed by atoms with Gasteiger partial charge in [0.15, 0.2) is 5.78 Å². The van der Waals surface area contributed by atoms with E-state index in [1.807, 2.05) is 33.8 Å². The van der Waals surface area contributed by atoms with Gasteiger partial charge in [0.1, 0.15) is 12.7 Å². The van der Waals surface area contributed by atoms with Crippen molar-refractivity contribution in [1.82, 2.24) is 0 Å². The Morgan fingerprint density at radius 2 is 2.18 bits per heavy atom. The molecule has 0 heterocycles. The first kappa shape index (κ1) is 14.3. The minimum Gasteiger partial charge on any atom is -0.389 e. The minimum absolute atomic E-state index is 0.0862. The molecule has 0 unspecified atom stereocenters. The van der Waals surface area contributed by atoms with Crippen LogP contribution < -0.4 is 0 Å². The van der Waals surface area contributed by atoms with E-state index >= 15 is 0 Å². The first-order valence-electron chi connectivity index (χ1n) is 5.76. The van der Waals surface area contributed by atoms with Gasteiger partial charge in [0.25, 0.3) is 0 Å². The summed E-state index contributed by atoms with van der Waals surface area (Å²) in [7, 11) is 0. The van der Waals surface area contributed by atoms with E-state index in [9.17, 15) is 4.79 Å². The number of hydrogen-bond acceptors (Lipinski definition) is 4. The number of hydrogen-bond donors (Lipinski definition) is 1. The number of ketones is 1. The van der Waals surface area contributed by atoms with E-state index in [2.05, 4.69) is 6.07 Å². The van der Waals surface area contributed by atoms with Crippen molar-refractivity contribution in [3.8, 4) is 6.07 Å². The smallest absolute Gasteiger partial charge is 0.162 e. The third-order valence-corrected chi connectivity index (χ3v) is 4.17. The summed E-state index contributed by atoms with van der Waals surface area (Å²) >= 11 is 1.52. The van der Waals surface area contributed by atoms with Gasteiger partial charge in [0.05, 0.1) is 4.91 Å². The third-order valence-electron chi connectivity index (χ3n) is 3.22. The van der Waals surface area contributed by atoms with Gasteiger partial charge >= 0.3 is 0 Å². The van der Waals surface area contributed by atoms with Crippen LogP contribution in [0.2, 0.25) is 0 Å². The zero-order chi connectivity index (χ0) is 13.2. The topological polar surface area (TPSA) is 61.1 Å². The Balaban J connectivity index is 2.79. The van der Waals surface area contributed by atoms with Crippen molar-refractivity contribution in [3.63, 3.8) is 0 Å². The van der Waals surface area contributed by atoms with E-state index in [0.717, 1.165) is 0 Å². The summed E-state index contributed by atoms with van der Waals surface area (Å²) in [6.45, 7) is 7.66. The average Bonchev–Trinajstić information content (AvgIpc) is 2.77. The van der Waals surface area contributed by atoms with Gasteiger partial charge in [0.2, 0.25) is 0 Å². The molecule has 0 radical (unpaired) electrons. The van der Waals surface area contributed by atoms with Crippen LogP contribution in [-0.4, -0.2) is 22.7 Å². The summed E-state index contributed by atoms with van der Waals surface area (Å²) in [5.41, 5.74) is -0.126. The second kappa shape index (κ2) is 5.24. The van der Waals surface area contributed by atoms with Crippen molar-refractivity contribution in [2.24, 2.45) is 17.3 Å². The molecule has 3 nitrogen and oxygen atoms in total. The summed E-state index contributed by atoms with van der Waals surface area (Å²) < 4.78 is 0. The number of carbonyl (C=O) groups excluding carboxylic acids is 1. The van der Waals surface area contributed by atoms with Crippen LogP contribution in [0, 0.1) is 28.6 Å². The molecule has 1 fully saturated rings. The average molecular weight is 253 g/mol. The zero-order valence-electron chi connectivity index (χ0n) is 10.7. The predicted molar refractivity (Wildman–Crippen MR) is 69.3 cm³/mol. The Morgan fingerprint density at radius 3 is 2.59 bits per heavy atom. The maximum atomic E-state index is 11.5. The van der Waals surface area contributed by atoms with Crippen LogP contribution >= 0.6 is 11.8 Å². The maximum Gasteiger partial charge on any atom is 0.162 e. The van der Waals surface area contributed by atoms with Crippen molar-refractivity contribution < 1.29 is 9.90 Å². The number of allylic oxidation sites excluding steroid dienone is 2. The number of nitrogens with zero attached hydrogens (tertiary/aromatic N) is 1. The molecule has 0 bridgehead atoms. The second-order valence-electron chi connectivity index (χ2n) is 5.26. The van der Waals surface area contributed by atoms with E-state index in [-0.39, 0.29) is 23.0 Å². The SMILES string of the molecule is CC(C)SC(C#N)=C[C@@H]1[C@@H](C(=O)CO)C1(C)C. The lowest BCUT2D eigenvalue weighted by Crippen LogP contribution is -2.10. The standard InChI is InChI=1S/C13H19NO2S/c1-8(2)17-9(6-14)5-10-12(11(16)7-15)13(10,3)4/h5,8,10,12,15H,7H2,1-4H3/t10-,12+/m1/s1. The number of nitriles is 1. The van der Waals surface area contributed by atoms with Crippen molar-refractivity contribution in [2.45, 2.75) is 32.9 Å². The highest BCUT2D eigenvalue weighted by Crippen LogP contribution is 2.60. The molecule has 17 heavy (non-hydrogen) atoms. The Bertz CT molecular complexity index is 379. The molecule has 1 aliphatic rings.